The van der Waals surface area contributed by atoms with E-state index in [1.807, 2.05) is 30.3 Å². The Kier molecular flexibility index (Phi) is 6.61. The highest BCUT2D eigenvalue weighted by molar-refractivity contribution is 5.76. The molecule has 2 aromatic carbocycles. The molecular weight excluding hydrogens is 328 g/mol. The van der Waals surface area contributed by atoms with Gasteiger partial charge in [-0.2, -0.15) is 0 Å². The zero-order valence-corrected chi connectivity index (χ0v) is 14.0. The predicted molar refractivity (Wildman–Crippen MR) is 89.7 cm³/mol. The van der Waals surface area contributed by atoms with Gasteiger partial charge in [0.2, 0.25) is 5.91 Å². The molecule has 0 aliphatic rings. The molecule has 0 radical (unpaired) electrons. The molecule has 1 atom stereocenters. The third-order valence-corrected chi connectivity index (χ3v) is 3.73. The van der Waals surface area contributed by atoms with E-state index in [1.54, 1.807) is 0 Å². The van der Waals surface area contributed by atoms with Gasteiger partial charge in [0, 0.05) is 18.1 Å². The molecule has 0 saturated carbocycles. The average Bonchev–Trinajstić information content (AvgIpc) is 2.57. The second-order valence-corrected chi connectivity index (χ2v) is 5.96. The lowest BCUT2D eigenvalue weighted by Crippen LogP contribution is -2.39. The Morgan fingerprint density at radius 1 is 1.20 bits per heavy atom. The number of ether oxygens (including phenoxy) is 1. The van der Waals surface area contributed by atoms with Crippen LogP contribution >= 0.6 is 0 Å². The van der Waals surface area contributed by atoms with Crippen LogP contribution in [0.2, 0.25) is 0 Å². The normalized spacial score (nSPS) is 13.3. The first-order valence-corrected chi connectivity index (χ1v) is 7.95. The van der Waals surface area contributed by atoms with Crippen LogP contribution in [0.4, 0.5) is 8.78 Å². The molecule has 0 fully saturated rings. The number of aliphatic hydroxyl groups is 1. The topological polar surface area (TPSA) is 58.6 Å². The van der Waals surface area contributed by atoms with Crippen molar-refractivity contribution in [2.75, 3.05) is 13.2 Å². The van der Waals surface area contributed by atoms with Crippen LogP contribution in [-0.2, 0) is 21.7 Å². The van der Waals surface area contributed by atoms with Gasteiger partial charge in [-0.25, -0.2) is 8.78 Å². The second-order valence-electron chi connectivity index (χ2n) is 5.96. The van der Waals surface area contributed by atoms with Gasteiger partial charge in [0.05, 0.1) is 19.8 Å². The third-order valence-electron chi connectivity index (χ3n) is 3.73. The zero-order valence-electron chi connectivity index (χ0n) is 14.0. The number of nitrogens with one attached hydrogen (secondary N) is 1. The number of halogens is 2. The van der Waals surface area contributed by atoms with Gasteiger partial charge < -0.3 is 15.2 Å². The maximum absolute atomic E-state index is 13.7. The monoisotopic (exact) mass is 349 g/mol. The Morgan fingerprint density at radius 3 is 2.60 bits per heavy atom. The van der Waals surface area contributed by atoms with Crippen LogP contribution < -0.4 is 5.32 Å². The lowest BCUT2D eigenvalue weighted by Gasteiger charge is -2.24. The van der Waals surface area contributed by atoms with Crippen molar-refractivity contribution in [3.05, 3.63) is 71.3 Å². The van der Waals surface area contributed by atoms with Crippen LogP contribution in [-0.4, -0.2) is 24.2 Å². The minimum Gasteiger partial charge on any atom is -0.383 e. The molecule has 6 heteroatoms. The fraction of sp³-hybridized carbons (Fsp3) is 0.316. The van der Waals surface area contributed by atoms with Crippen molar-refractivity contribution in [3.63, 3.8) is 0 Å². The van der Waals surface area contributed by atoms with Gasteiger partial charge in [0.1, 0.15) is 17.2 Å². The lowest BCUT2D eigenvalue weighted by molar-refractivity contribution is -0.123. The van der Waals surface area contributed by atoms with Crippen LogP contribution in [0.3, 0.4) is 0 Å². The summed E-state index contributed by atoms with van der Waals surface area (Å²) in [4.78, 5) is 11.8. The highest BCUT2D eigenvalue weighted by Gasteiger charge is 2.27. The summed E-state index contributed by atoms with van der Waals surface area (Å²) in [5.41, 5.74) is -0.703. The first kappa shape index (κ1) is 19.0. The quantitative estimate of drug-likeness (QED) is 0.721. The van der Waals surface area contributed by atoms with Gasteiger partial charge >= 0.3 is 0 Å². The molecule has 0 saturated heterocycles. The Bertz CT molecular complexity index is 705. The van der Waals surface area contributed by atoms with Crippen molar-refractivity contribution in [2.45, 2.75) is 25.6 Å². The average molecular weight is 349 g/mol. The molecule has 134 valence electrons. The van der Waals surface area contributed by atoms with E-state index in [4.69, 9.17) is 4.74 Å². The number of carbonyl (C=O) groups excluding carboxylic acids is 1. The zero-order chi connectivity index (χ0) is 18.3. The van der Waals surface area contributed by atoms with Crippen molar-refractivity contribution in [1.82, 2.24) is 5.32 Å². The van der Waals surface area contributed by atoms with E-state index >= 15 is 0 Å². The van der Waals surface area contributed by atoms with Crippen LogP contribution in [0.5, 0.6) is 0 Å². The maximum atomic E-state index is 13.7. The molecule has 2 rings (SSSR count). The SMILES string of the molecule is CC(O)(CNC(=O)CCOCc1ccccc1)c1ccc(F)cc1F. The van der Waals surface area contributed by atoms with Crippen LogP contribution in [0.25, 0.3) is 0 Å². The number of hydrogen-bond acceptors (Lipinski definition) is 3. The Hall–Kier alpha value is -2.31. The molecular formula is C19H21F2NO3. The van der Waals surface area contributed by atoms with Crippen LogP contribution in [0.1, 0.15) is 24.5 Å². The van der Waals surface area contributed by atoms with Gasteiger partial charge in [-0.05, 0) is 18.6 Å². The molecule has 0 aromatic heterocycles. The van der Waals surface area contributed by atoms with E-state index < -0.39 is 17.2 Å². The fourth-order valence-corrected chi connectivity index (χ4v) is 2.31. The molecule has 0 aliphatic heterocycles. The molecule has 0 bridgehead atoms. The number of benzene rings is 2. The standard InChI is InChI=1S/C19H21F2NO3/c1-19(24,16-8-7-15(20)11-17(16)21)13-22-18(23)9-10-25-12-14-5-3-2-4-6-14/h2-8,11,24H,9-10,12-13H2,1H3,(H,22,23). The fourth-order valence-electron chi connectivity index (χ4n) is 2.31. The first-order valence-electron chi connectivity index (χ1n) is 7.95. The molecule has 0 heterocycles. The molecule has 2 aromatic rings. The van der Waals surface area contributed by atoms with Gasteiger partial charge in [-0.15, -0.1) is 0 Å². The Labute approximate surface area is 145 Å². The summed E-state index contributed by atoms with van der Waals surface area (Å²) in [6.45, 7) is 1.81. The van der Waals surface area contributed by atoms with Crippen LogP contribution in [0, 0.1) is 11.6 Å². The summed E-state index contributed by atoms with van der Waals surface area (Å²) >= 11 is 0. The van der Waals surface area contributed by atoms with Crippen LogP contribution in [0.15, 0.2) is 48.5 Å². The molecule has 4 nitrogen and oxygen atoms in total. The molecule has 0 aliphatic carbocycles. The minimum atomic E-state index is -1.64. The van der Waals surface area contributed by atoms with Crippen molar-refractivity contribution in [3.8, 4) is 0 Å². The molecule has 25 heavy (non-hydrogen) atoms. The number of carbonyl (C=O) groups is 1. The number of rotatable bonds is 8. The van der Waals surface area contributed by atoms with E-state index in [0.717, 1.165) is 11.6 Å². The summed E-state index contributed by atoms with van der Waals surface area (Å²) in [6.07, 6.45) is 0.120. The number of hydrogen-bond donors (Lipinski definition) is 2. The van der Waals surface area contributed by atoms with E-state index in [0.29, 0.717) is 12.7 Å². The largest absolute Gasteiger partial charge is 0.383 e. The van der Waals surface area contributed by atoms with E-state index in [-0.39, 0.29) is 31.0 Å². The van der Waals surface area contributed by atoms with E-state index in [2.05, 4.69) is 5.32 Å². The molecule has 1 amide bonds. The molecule has 0 spiro atoms. The lowest BCUT2D eigenvalue weighted by atomic mass is 9.95. The Morgan fingerprint density at radius 2 is 1.92 bits per heavy atom. The Balaban J connectivity index is 1.75. The van der Waals surface area contributed by atoms with Crippen molar-refractivity contribution in [2.24, 2.45) is 0 Å². The predicted octanol–water partition coefficient (Wildman–Crippen LogP) is 2.90. The van der Waals surface area contributed by atoms with Gasteiger partial charge in [0.15, 0.2) is 0 Å². The smallest absolute Gasteiger partial charge is 0.222 e. The maximum Gasteiger partial charge on any atom is 0.222 e. The van der Waals surface area contributed by atoms with Crippen molar-refractivity contribution in [1.29, 1.82) is 0 Å². The molecule has 1 unspecified atom stereocenters. The minimum absolute atomic E-state index is 0.0745. The summed E-state index contributed by atoms with van der Waals surface area (Å²) in [6, 6.07) is 12.5. The van der Waals surface area contributed by atoms with Gasteiger partial charge in [-0.3, -0.25) is 4.79 Å². The van der Waals surface area contributed by atoms with E-state index in [1.165, 1.54) is 13.0 Å². The van der Waals surface area contributed by atoms with E-state index in [9.17, 15) is 18.7 Å². The second kappa shape index (κ2) is 8.69. The van der Waals surface area contributed by atoms with Gasteiger partial charge in [0.25, 0.3) is 0 Å². The first-order chi connectivity index (χ1) is 11.9. The van der Waals surface area contributed by atoms with Gasteiger partial charge in [-0.1, -0.05) is 36.4 Å². The third kappa shape index (κ3) is 5.92. The summed E-state index contributed by atoms with van der Waals surface area (Å²) in [5, 5.41) is 12.9. The van der Waals surface area contributed by atoms with Crippen molar-refractivity contribution >= 4 is 5.91 Å². The summed E-state index contributed by atoms with van der Waals surface area (Å²) in [5.74, 6) is -1.90. The summed E-state index contributed by atoms with van der Waals surface area (Å²) < 4.78 is 32.1. The highest BCUT2D eigenvalue weighted by atomic mass is 19.1. The molecule has 2 N–H and O–H groups in total. The number of amides is 1. The highest BCUT2D eigenvalue weighted by Crippen LogP contribution is 2.23. The van der Waals surface area contributed by atoms with Crippen molar-refractivity contribution < 1.29 is 23.4 Å². The summed E-state index contributed by atoms with van der Waals surface area (Å²) in [7, 11) is 0.